The van der Waals surface area contributed by atoms with E-state index < -0.39 is 10.2 Å². The zero-order valence-corrected chi connectivity index (χ0v) is 13.2. The smallest absolute Gasteiger partial charge is 0.276 e. The zero-order chi connectivity index (χ0) is 15.7. The Morgan fingerprint density at radius 3 is 2.95 bits per heavy atom. The number of nitrogens with two attached hydrogens (primary N) is 1. The van der Waals surface area contributed by atoms with Crippen molar-refractivity contribution in [3.63, 3.8) is 0 Å². The Balaban J connectivity index is 1.82. The molecule has 1 unspecified atom stereocenters. The number of hydrogen-bond donors (Lipinski definition) is 1. The zero-order valence-electron chi connectivity index (χ0n) is 11.6. The molecule has 0 radical (unpaired) electrons. The van der Waals surface area contributed by atoms with Crippen LogP contribution in [0.2, 0.25) is 5.02 Å². The van der Waals surface area contributed by atoms with Crippen molar-refractivity contribution in [1.82, 2.24) is 14.4 Å². The lowest BCUT2D eigenvalue weighted by Gasteiger charge is -2.28. The molecule has 1 aromatic carbocycles. The van der Waals surface area contributed by atoms with Gasteiger partial charge >= 0.3 is 0 Å². The summed E-state index contributed by atoms with van der Waals surface area (Å²) in [4.78, 5) is 4.36. The summed E-state index contributed by atoms with van der Waals surface area (Å²) in [6.07, 6.45) is 1.49. The minimum atomic E-state index is -3.69. The molecule has 1 aliphatic rings. The van der Waals surface area contributed by atoms with E-state index in [0.717, 1.165) is 12.0 Å². The van der Waals surface area contributed by atoms with E-state index in [4.69, 9.17) is 21.3 Å². The Morgan fingerprint density at radius 2 is 2.23 bits per heavy atom. The monoisotopic (exact) mass is 342 g/mol. The first kappa shape index (κ1) is 15.4. The molecule has 0 saturated carbocycles. The van der Waals surface area contributed by atoms with Crippen LogP contribution in [0.4, 0.5) is 0 Å². The second kappa shape index (κ2) is 5.96. The highest BCUT2D eigenvalue weighted by Crippen LogP contribution is 2.28. The molecule has 0 bridgehead atoms. The summed E-state index contributed by atoms with van der Waals surface area (Å²) in [5.41, 5.74) is 0.751. The molecule has 1 aliphatic heterocycles. The van der Waals surface area contributed by atoms with Gasteiger partial charge in [-0.1, -0.05) is 28.9 Å². The SMILES string of the molecule is NS(=O)(=O)N1CCCC(c2nc(-c3cccc(Cl)c3)no2)C1. The molecule has 7 nitrogen and oxygen atoms in total. The minimum Gasteiger partial charge on any atom is -0.339 e. The van der Waals surface area contributed by atoms with E-state index in [-0.39, 0.29) is 12.5 Å². The van der Waals surface area contributed by atoms with Crippen molar-refractivity contribution in [3.05, 3.63) is 35.2 Å². The Bertz CT molecular complexity index is 777. The highest BCUT2D eigenvalue weighted by Gasteiger charge is 2.30. The summed E-state index contributed by atoms with van der Waals surface area (Å²) in [5.74, 6) is 0.709. The number of piperidine rings is 1. The van der Waals surface area contributed by atoms with Crippen LogP contribution in [0, 0.1) is 0 Å². The molecular formula is C13H15ClN4O3S. The van der Waals surface area contributed by atoms with Gasteiger partial charge in [0, 0.05) is 23.7 Å². The Morgan fingerprint density at radius 1 is 1.41 bits per heavy atom. The first-order valence-electron chi connectivity index (χ1n) is 6.81. The molecular weight excluding hydrogens is 328 g/mol. The molecule has 2 heterocycles. The van der Waals surface area contributed by atoms with E-state index in [2.05, 4.69) is 10.1 Å². The summed E-state index contributed by atoms with van der Waals surface area (Å²) >= 11 is 5.95. The Labute approximate surface area is 133 Å². The normalized spacial score (nSPS) is 20.2. The van der Waals surface area contributed by atoms with Crippen LogP contribution in [0.1, 0.15) is 24.7 Å². The lowest BCUT2D eigenvalue weighted by atomic mass is 10.00. The number of hydrogen-bond acceptors (Lipinski definition) is 5. The molecule has 118 valence electrons. The Kier molecular flexibility index (Phi) is 4.18. The Hall–Kier alpha value is -1.48. The van der Waals surface area contributed by atoms with Gasteiger partial charge in [0.2, 0.25) is 11.7 Å². The molecule has 9 heteroatoms. The maximum Gasteiger partial charge on any atom is 0.276 e. The van der Waals surface area contributed by atoms with Gasteiger partial charge in [0.05, 0.1) is 5.92 Å². The first-order valence-corrected chi connectivity index (χ1v) is 8.69. The predicted octanol–water partition coefficient (Wildman–Crippen LogP) is 1.77. The van der Waals surface area contributed by atoms with Crippen LogP contribution in [0.5, 0.6) is 0 Å². The second-order valence-corrected chi connectivity index (χ2v) is 7.19. The highest BCUT2D eigenvalue weighted by molar-refractivity contribution is 7.86. The van der Waals surface area contributed by atoms with Crippen LogP contribution in [-0.2, 0) is 10.2 Å². The summed E-state index contributed by atoms with van der Waals surface area (Å²) in [5, 5.41) is 9.71. The molecule has 1 aromatic heterocycles. The third-order valence-corrected chi connectivity index (χ3v) is 4.90. The molecule has 1 saturated heterocycles. The largest absolute Gasteiger partial charge is 0.339 e. The van der Waals surface area contributed by atoms with E-state index in [1.807, 2.05) is 6.07 Å². The van der Waals surface area contributed by atoms with Gasteiger partial charge in [0.25, 0.3) is 10.2 Å². The molecule has 0 spiro atoms. The second-order valence-electron chi connectivity index (χ2n) is 5.21. The summed E-state index contributed by atoms with van der Waals surface area (Å²) in [6.45, 7) is 0.681. The van der Waals surface area contributed by atoms with Crippen molar-refractivity contribution >= 4 is 21.8 Å². The van der Waals surface area contributed by atoms with E-state index in [1.54, 1.807) is 18.2 Å². The maximum atomic E-state index is 11.4. The topological polar surface area (TPSA) is 102 Å². The fourth-order valence-electron chi connectivity index (χ4n) is 2.52. The van der Waals surface area contributed by atoms with Crippen molar-refractivity contribution in [3.8, 4) is 11.4 Å². The average molecular weight is 343 g/mol. The van der Waals surface area contributed by atoms with Crippen molar-refractivity contribution in [2.75, 3.05) is 13.1 Å². The van der Waals surface area contributed by atoms with E-state index in [1.165, 1.54) is 4.31 Å². The van der Waals surface area contributed by atoms with Crippen molar-refractivity contribution < 1.29 is 12.9 Å². The van der Waals surface area contributed by atoms with Gasteiger partial charge in [-0.3, -0.25) is 0 Å². The summed E-state index contributed by atoms with van der Waals surface area (Å²) in [6, 6.07) is 7.14. The molecule has 2 N–H and O–H groups in total. The number of aromatic nitrogens is 2. The molecule has 2 aromatic rings. The quantitative estimate of drug-likeness (QED) is 0.915. The summed E-state index contributed by atoms with van der Waals surface area (Å²) in [7, 11) is -3.69. The molecule has 0 amide bonds. The van der Waals surface area contributed by atoms with Gasteiger partial charge in [0.1, 0.15) is 0 Å². The molecule has 22 heavy (non-hydrogen) atoms. The van der Waals surface area contributed by atoms with Crippen molar-refractivity contribution in [2.45, 2.75) is 18.8 Å². The minimum absolute atomic E-state index is 0.146. The summed E-state index contributed by atoms with van der Waals surface area (Å²) < 4.78 is 29.4. The maximum absolute atomic E-state index is 11.4. The lowest BCUT2D eigenvalue weighted by molar-refractivity contribution is 0.266. The van der Waals surface area contributed by atoms with Crippen LogP contribution in [0.15, 0.2) is 28.8 Å². The number of rotatable bonds is 3. The average Bonchev–Trinajstić information content (AvgIpc) is 2.96. The molecule has 1 fully saturated rings. The third kappa shape index (κ3) is 3.30. The third-order valence-electron chi connectivity index (χ3n) is 3.62. The van der Waals surface area contributed by atoms with E-state index >= 15 is 0 Å². The van der Waals surface area contributed by atoms with Crippen LogP contribution >= 0.6 is 11.6 Å². The van der Waals surface area contributed by atoms with Gasteiger partial charge in [-0.15, -0.1) is 0 Å². The van der Waals surface area contributed by atoms with Crippen molar-refractivity contribution in [1.29, 1.82) is 0 Å². The van der Waals surface area contributed by atoms with Gasteiger partial charge < -0.3 is 4.52 Å². The number of halogens is 1. The van der Waals surface area contributed by atoms with Crippen LogP contribution in [0.25, 0.3) is 11.4 Å². The van der Waals surface area contributed by atoms with Crippen LogP contribution in [0.3, 0.4) is 0 Å². The predicted molar refractivity (Wildman–Crippen MR) is 81.4 cm³/mol. The molecule has 1 atom stereocenters. The van der Waals surface area contributed by atoms with Gasteiger partial charge in [-0.2, -0.15) is 17.7 Å². The van der Waals surface area contributed by atoms with Crippen LogP contribution in [-0.4, -0.2) is 36.0 Å². The van der Waals surface area contributed by atoms with E-state index in [0.29, 0.717) is 29.7 Å². The number of benzene rings is 1. The lowest BCUT2D eigenvalue weighted by Crippen LogP contribution is -2.42. The fraction of sp³-hybridized carbons (Fsp3) is 0.385. The van der Waals surface area contributed by atoms with Crippen LogP contribution < -0.4 is 5.14 Å². The van der Waals surface area contributed by atoms with E-state index in [9.17, 15) is 8.42 Å². The first-order chi connectivity index (χ1) is 10.4. The highest BCUT2D eigenvalue weighted by atomic mass is 35.5. The fourth-order valence-corrected chi connectivity index (χ4v) is 3.48. The standard InChI is InChI=1S/C13H15ClN4O3S/c14-11-5-1-3-9(7-11)12-16-13(21-17-12)10-4-2-6-18(8-10)22(15,19)20/h1,3,5,7,10H,2,4,6,8H2,(H2,15,19,20). The van der Waals surface area contributed by atoms with Crippen molar-refractivity contribution in [2.24, 2.45) is 5.14 Å². The van der Waals surface area contributed by atoms with Gasteiger partial charge in [0.15, 0.2) is 0 Å². The number of nitrogens with zero attached hydrogens (tertiary/aromatic N) is 3. The molecule has 0 aliphatic carbocycles. The van der Waals surface area contributed by atoms with Gasteiger partial charge in [-0.05, 0) is 25.0 Å². The van der Waals surface area contributed by atoms with Gasteiger partial charge in [-0.25, -0.2) is 5.14 Å². The molecule has 3 rings (SSSR count).